The molecule has 3 fully saturated rings. The van der Waals surface area contributed by atoms with E-state index in [1.54, 1.807) is 4.90 Å². The van der Waals surface area contributed by atoms with Crippen molar-refractivity contribution in [2.75, 3.05) is 18.0 Å². The first kappa shape index (κ1) is 20.0. The second kappa shape index (κ2) is 7.50. The molecule has 0 atom stereocenters. The van der Waals surface area contributed by atoms with Gasteiger partial charge in [0.25, 0.3) is 5.69 Å². The average Bonchev–Trinajstić information content (AvgIpc) is 3.58. The third-order valence-corrected chi connectivity index (χ3v) is 6.27. The van der Waals surface area contributed by atoms with E-state index in [9.17, 15) is 28.1 Å². The Bertz CT molecular complexity index is 786. The molecular weight excluding hydrogens is 387 g/mol. The topological polar surface area (TPSA) is 75.5 Å². The number of nitro groups is 1. The molecule has 1 aromatic rings. The van der Waals surface area contributed by atoms with E-state index in [0.717, 1.165) is 12.1 Å². The fourth-order valence-electron chi connectivity index (χ4n) is 4.31. The smallest absolute Gasteiger partial charge is 0.366 e. The number of nitro benzene ring substituents is 1. The van der Waals surface area contributed by atoms with Crippen molar-refractivity contribution in [1.82, 2.24) is 5.32 Å². The molecule has 3 aliphatic rings. The molecule has 0 aromatic heterocycles. The van der Waals surface area contributed by atoms with Crippen molar-refractivity contribution in [3.8, 4) is 0 Å². The lowest BCUT2D eigenvalue weighted by molar-refractivity contribution is -0.384. The van der Waals surface area contributed by atoms with Gasteiger partial charge in [0.05, 0.1) is 10.5 Å². The van der Waals surface area contributed by atoms with Crippen LogP contribution < -0.4 is 10.2 Å². The summed E-state index contributed by atoms with van der Waals surface area (Å²) < 4.78 is 38.7. The molecule has 1 aliphatic heterocycles. The average molecular weight is 411 g/mol. The van der Waals surface area contributed by atoms with Crippen LogP contribution in [0.2, 0.25) is 0 Å². The van der Waals surface area contributed by atoms with E-state index >= 15 is 0 Å². The summed E-state index contributed by atoms with van der Waals surface area (Å²) in [5.41, 5.74) is -1.41. The lowest BCUT2D eigenvalue weighted by Crippen LogP contribution is -2.45. The van der Waals surface area contributed by atoms with Gasteiger partial charge in [-0.25, -0.2) is 0 Å². The van der Waals surface area contributed by atoms with E-state index in [-0.39, 0.29) is 23.6 Å². The fourth-order valence-corrected chi connectivity index (χ4v) is 4.31. The van der Waals surface area contributed by atoms with Gasteiger partial charge in [0.1, 0.15) is 5.69 Å². The number of nitrogens with zero attached hydrogens (tertiary/aromatic N) is 2. The highest BCUT2D eigenvalue weighted by Gasteiger charge is 2.43. The second-order valence-corrected chi connectivity index (χ2v) is 8.43. The molecule has 1 saturated heterocycles. The van der Waals surface area contributed by atoms with Gasteiger partial charge in [-0.15, -0.1) is 0 Å². The van der Waals surface area contributed by atoms with Crippen molar-refractivity contribution < 1.29 is 22.9 Å². The fraction of sp³-hybridized carbons (Fsp3) is 0.650. The maximum absolute atomic E-state index is 12.9. The van der Waals surface area contributed by atoms with Gasteiger partial charge >= 0.3 is 6.18 Å². The number of amides is 1. The Morgan fingerprint density at radius 2 is 1.69 bits per heavy atom. The summed E-state index contributed by atoms with van der Waals surface area (Å²) in [6, 6.07) is 2.91. The number of halogens is 3. The van der Waals surface area contributed by atoms with Gasteiger partial charge in [0.15, 0.2) is 0 Å². The van der Waals surface area contributed by atoms with E-state index in [1.165, 1.54) is 25.7 Å². The van der Waals surface area contributed by atoms with E-state index in [0.29, 0.717) is 43.8 Å². The van der Waals surface area contributed by atoms with Gasteiger partial charge in [-0.2, -0.15) is 13.2 Å². The maximum Gasteiger partial charge on any atom is 0.416 e. The first-order valence-corrected chi connectivity index (χ1v) is 10.1. The number of carbonyl (C=O) groups is 1. The van der Waals surface area contributed by atoms with Crippen molar-refractivity contribution >= 4 is 17.3 Å². The quantitative estimate of drug-likeness (QED) is 0.564. The molecule has 1 aromatic carbocycles. The summed E-state index contributed by atoms with van der Waals surface area (Å²) in [6.45, 7) is 0.809. The largest absolute Gasteiger partial charge is 0.416 e. The molecule has 9 heteroatoms. The Labute approximate surface area is 166 Å². The van der Waals surface area contributed by atoms with Gasteiger partial charge in [-0.3, -0.25) is 14.9 Å². The molecule has 1 N–H and O–H groups in total. The number of alkyl halides is 3. The minimum atomic E-state index is -4.63. The zero-order chi connectivity index (χ0) is 20.8. The van der Waals surface area contributed by atoms with Gasteiger partial charge < -0.3 is 10.2 Å². The van der Waals surface area contributed by atoms with Crippen LogP contribution in [0.3, 0.4) is 0 Å². The number of piperidine rings is 1. The van der Waals surface area contributed by atoms with Gasteiger partial charge in [0.2, 0.25) is 5.91 Å². The Morgan fingerprint density at radius 1 is 1.10 bits per heavy atom. The summed E-state index contributed by atoms with van der Waals surface area (Å²) >= 11 is 0. The van der Waals surface area contributed by atoms with Crippen molar-refractivity contribution in [2.24, 2.45) is 17.8 Å². The van der Waals surface area contributed by atoms with Crippen LogP contribution in [0.5, 0.6) is 0 Å². The number of benzene rings is 1. The standard InChI is InChI=1S/C20H24F3N3O3/c21-20(22,23)15-5-6-16(17(11-15)26(28)29)25-9-7-14(8-10-25)19(27)24-18(12-1-2-12)13-3-4-13/h5-6,11-14,18H,1-4,7-10H2,(H,24,27). The van der Waals surface area contributed by atoms with Crippen molar-refractivity contribution in [1.29, 1.82) is 0 Å². The SMILES string of the molecule is O=C(NC(C1CC1)C1CC1)C1CCN(c2ccc(C(F)(F)F)cc2[N+](=O)[O-])CC1. The van der Waals surface area contributed by atoms with Crippen molar-refractivity contribution in [2.45, 2.75) is 50.7 Å². The minimum Gasteiger partial charge on any atom is -0.366 e. The molecule has 0 spiro atoms. The Balaban J connectivity index is 1.40. The third kappa shape index (κ3) is 4.48. The highest BCUT2D eigenvalue weighted by molar-refractivity contribution is 5.79. The summed E-state index contributed by atoms with van der Waals surface area (Å²) in [7, 11) is 0. The normalized spacial score (nSPS) is 20.8. The Kier molecular flexibility index (Phi) is 5.16. The number of anilines is 1. The Hall–Kier alpha value is -2.32. The van der Waals surface area contributed by atoms with Crippen molar-refractivity contribution in [3.63, 3.8) is 0 Å². The highest BCUT2D eigenvalue weighted by Crippen LogP contribution is 2.45. The summed E-state index contributed by atoms with van der Waals surface area (Å²) in [6.07, 6.45) is 1.15. The second-order valence-electron chi connectivity index (χ2n) is 8.43. The van der Waals surface area contributed by atoms with E-state index in [4.69, 9.17) is 0 Å². The van der Waals surface area contributed by atoms with Crippen LogP contribution >= 0.6 is 0 Å². The predicted molar refractivity (Wildman–Crippen MR) is 100 cm³/mol. The molecule has 0 unspecified atom stereocenters. The number of hydrogen-bond acceptors (Lipinski definition) is 4. The van der Waals surface area contributed by atoms with E-state index < -0.39 is 22.4 Å². The van der Waals surface area contributed by atoms with Crippen LogP contribution in [0.4, 0.5) is 24.5 Å². The molecule has 29 heavy (non-hydrogen) atoms. The third-order valence-electron chi connectivity index (χ3n) is 6.27. The van der Waals surface area contributed by atoms with Crippen LogP contribution in [0.25, 0.3) is 0 Å². The number of carbonyl (C=O) groups excluding carboxylic acids is 1. The van der Waals surface area contributed by atoms with Gasteiger partial charge in [-0.05, 0) is 62.5 Å². The molecule has 158 valence electrons. The van der Waals surface area contributed by atoms with Crippen LogP contribution in [0.1, 0.15) is 44.1 Å². The van der Waals surface area contributed by atoms with E-state index in [2.05, 4.69) is 5.32 Å². The first-order chi connectivity index (χ1) is 13.7. The molecular formula is C20H24F3N3O3. The zero-order valence-corrected chi connectivity index (χ0v) is 16.0. The summed E-state index contributed by atoms with van der Waals surface area (Å²) in [4.78, 5) is 24.9. The van der Waals surface area contributed by atoms with Crippen LogP contribution in [0, 0.1) is 27.9 Å². The molecule has 0 radical (unpaired) electrons. The predicted octanol–water partition coefficient (Wildman–Crippen LogP) is 4.13. The lowest BCUT2D eigenvalue weighted by Gasteiger charge is -2.33. The lowest BCUT2D eigenvalue weighted by atomic mass is 9.94. The number of nitrogens with one attached hydrogen (secondary N) is 1. The van der Waals surface area contributed by atoms with Crippen LogP contribution in [-0.4, -0.2) is 30.0 Å². The molecule has 1 amide bonds. The van der Waals surface area contributed by atoms with Crippen LogP contribution in [-0.2, 0) is 11.0 Å². The summed E-state index contributed by atoms with van der Waals surface area (Å²) in [5, 5.41) is 14.6. The van der Waals surface area contributed by atoms with E-state index in [1.807, 2.05) is 0 Å². The monoisotopic (exact) mass is 411 g/mol. The van der Waals surface area contributed by atoms with Crippen LogP contribution in [0.15, 0.2) is 18.2 Å². The molecule has 6 nitrogen and oxygen atoms in total. The molecule has 2 aliphatic carbocycles. The maximum atomic E-state index is 12.9. The Morgan fingerprint density at radius 3 is 2.17 bits per heavy atom. The molecule has 2 saturated carbocycles. The minimum absolute atomic E-state index is 0.0513. The molecule has 0 bridgehead atoms. The summed E-state index contributed by atoms with van der Waals surface area (Å²) in [5.74, 6) is 1.12. The number of rotatable bonds is 6. The van der Waals surface area contributed by atoms with Crippen molar-refractivity contribution in [3.05, 3.63) is 33.9 Å². The van der Waals surface area contributed by atoms with Gasteiger partial charge in [0, 0.05) is 31.1 Å². The molecule has 1 heterocycles. The first-order valence-electron chi connectivity index (χ1n) is 10.1. The highest BCUT2D eigenvalue weighted by atomic mass is 19.4. The van der Waals surface area contributed by atoms with Gasteiger partial charge in [-0.1, -0.05) is 0 Å². The zero-order valence-electron chi connectivity index (χ0n) is 16.0. The number of hydrogen-bond donors (Lipinski definition) is 1. The molecule has 4 rings (SSSR count).